The third-order valence-corrected chi connectivity index (χ3v) is 5.86. The minimum atomic E-state index is -3.35. The van der Waals surface area contributed by atoms with Gasteiger partial charge in [0.25, 0.3) is 0 Å². The first-order valence-electron chi connectivity index (χ1n) is 7.92. The van der Waals surface area contributed by atoms with Crippen LogP contribution in [0.3, 0.4) is 0 Å². The lowest BCUT2D eigenvalue weighted by molar-refractivity contribution is 0.580. The molecule has 0 atom stereocenters. The summed E-state index contributed by atoms with van der Waals surface area (Å²) in [6.07, 6.45) is 0.545. The highest BCUT2D eigenvalue weighted by molar-refractivity contribution is 7.88. The number of aryl methyl sites for hydroxylation is 2. The van der Waals surface area contributed by atoms with Crippen molar-refractivity contribution >= 4 is 21.4 Å². The maximum Gasteiger partial charge on any atom is 0.215 e. The standard InChI is InChI=1S/C17H20N4O2S2/c1-13-10-14(2)21(20-13)17-19-16(11-24-17)8-9-18-25(22,23)12-15-6-4-3-5-7-15/h3-7,10-11,18H,8-9,12H2,1-2H3. The Morgan fingerprint density at radius 3 is 2.64 bits per heavy atom. The number of nitrogens with one attached hydrogen (secondary N) is 1. The van der Waals surface area contributed by atoms with E-state index in [1.807, 2.05) is 48.2 Å². The van der Waals surface area contributed by atoms with Crippen LogP contribution in [0, 0.1) is 13.8 Å². The molecule has 0 amide bonds. The highest BCUT2D eigenvalue weighted by Gasteiger charge is 2.12. The third-order valence-electron chi connectivity index (χ3n) is 3.63. The summed E-state index contributed by atoms with van der Waals surface area (Å²) in [5, 5.41) is 7.15. The van der Waals surface area contributed by atoms with Crippen molar-refractivity contribution in [3.8, 4) is 5.13 Å². The highest BCUT2D eigenvalue weighted by Crippen LogP contribution is 2.17. The molecule has 0 unspecified atom stereocenters. The molecular formula is C17H20N4O2S2. The summed E-state index contributed by atoms with van der Waals surface area (Å²) in [6, 6.07) is 11.1. The predicted molar refractivity (Wildman–Crippen MR) is 99.5 cm³/mol. The molecule has 0 saturated heterocycles. The second-order valence-electron chi connectivity index (χ2n) is 5.85. The van der Waals surface area contributed by atoms with E-state index < -0.39 is 10.0 Å². The average Bonchev–Trinajstić information content (AvgIpc) is 3.14. The molecule has 3 aromatic rings. The second kappa shape index (κ2) is 7.47. The van der Waals surface area contributed by atoms with Crippen LogP contribution in [-0.4, -0.2) is 29.7 Å². The molecule has 6 nitrogen and oxygen atoms in total. The average molecular weight is 377 g/mol. The fourth-order valence-electron chi connectivity index (χ4n) is 2.51. The van der Waals surface area contributed by atoms with Crippen LogP contribution in [0.2, 0.25) is 0 Å². The molecule has 0 fully saturated rings. The van der Waals surface area contributed by atoms with Crippen molar-refractivity contribution < 1.29 is 8.42 Å². The molecule has 0 aliphatic heterocycles. The van der Waals surface area contributed by atoms with Gasteiger partial charge in [-0.1, -0.05) is 30.3 Å². The van der Waals surface area contributed by atoms with Gasteiger partial charge >= 0.3 is 0 Å². The van der Waals surface area contributed by atoms with E-state index in [2.05, 4.69) is 14.8 Å². The molecule has 2 aromatic heterocycles. The van der Waals surface area contributed by atoms with E-state index in [9.17, 15) is 8.42 Å². The summed E-state index contributed by atoms with van der Waals surface area (Å²) in [5.41, 5.74) is 3.61. The summed E-state index contributed by atoms with van der Waals surface area (Å²) in [5.74, 6) is -0.0120. The fourth-order valence-corrected chi connectivity index (χ4v) is 4.52. The minimum Gasteiger partial charge on any atom is -0.223 e. The van der Waals surface area contributed by atoms with Crippen molar-refractivity contribution in [1.29, 1.82) is 0 Å². The largest absolute Gasteiger partial charge is 0.223 e. The lowest BCUT2D eigenvalue weighted by atomic mass is 10.2. The van der Waals surface area contributed by atoms with Gasteiger partial charge in [0, 0.05) is 24.0 Å². The first kappa shape index (κ1) is 17.8. The summed E-state index contributed by atoms with van der Waals surface area (Å²) >= 11 is 1.50. The molecule has 132 valence electrons. The van der Waals surface area contributed by atoms with Gasteiger partial charge in [0.1, 0.15) is 0 Å². The van der Waals surface area contributed by atoms with Gasteiger partial charge in [0.05, 0.1) is 17.1 Å². The van der Waals surface area contributed by atoms with Crippen LogP contribution >= 0.6 is 11.3 Å². The third kappa shape index (κ3) is 4.75. The van der Waals surface area contributed by atoms with E-state index in [4.69, 9.17) is 0 Å². The number of hydrogen-bond donors (Lipinski definition) is 1. The quantitative estimate of drug-likeness (QED) is 0.688. The number of benzene rings is 1. The Kier molecular flexibility index (Phi) is 5.31. The van der Waals surface area contributed by atoms with E-state index in [1.165, 1.54) is 11.3 Å². The first-order chi connectivity index (χ1) is 11.9. The molecule has 0 aliphatic carbocycles. The lowest BCUT2D eigenvalue weighted by Gasteiger charge is -2.06. The van der Waals surface area contributed by atoms with E-state index in [0.717, 1.165) is 27.8 Å². The molecule has 1 N–H and O–H groups in total. The van der Waals surface area contributed by atoms with Crippen LogP contribution in [0.15, 0.2) is 41.8 Å². The van der Waals surface area contributed by atoms with Crippen molar-refractivity contribution in [3.05, 3.63) is 64.4 Å². The van der Waals surface area contributed by atoms with E-state index in [-0.39, 0.29) is 5.75 Å². The van der Waals surface area contributed by atoms with Crippen LogP contribution in [0.4, 0.5) is 0 Å². The van der Waals surface area contributed by atoms with Gasteiger partial charge in [-0.3, -0.25) is 0 Å². The van der Waals surface area contributed by atoms with Crippen molar-refractivity contribution in [2.75, 3.05) is 6.54 Å². The first-order valence-corrected chi connectivity index (χ1v) is 10.5. The second-order valence-corrected chi connectivity index (χ2v) is 8.49. The van der Waals surface area contributed by atoms with Crippen molar-refractivity contribution in [2.45, 2.75) is 26.0 Å². The van der Waals surface area contributed by atoms with E-state index in [0.29, 0.717) is 13.0 Å². The number of nitrogens with zero attached hydrogens (tertiary/aromatic N) is 3. The minimum absolute atomic E-state index is 0.0120. The maximum absolute atomic E-state index is 12.1. The zero-order valence-corrected chi connectivity index (χ0v) is 15.8. The van der Waals surface area contributed by atoms with Gasteiger partial charge in [-0.25, -0.2) is 22.8 Å². The zero-order chi connectivity index (χ0) is 17.9. The van der Waals surface area contributed by atoms with E-state index >= 15 is 0 Å². The number of rotatable bonds is 7. The fraction of sp³-hybridized carbons (Fsp3) is 0.294. The summed E-state index contributed by atoms with van der Waals surface area (Å²) in [7, 11) is -3.35. The molecule has 3 rings (SSSR count). The van der Waals surface area contributed by atoms with Crippen LogP contribution in [0.1, 0.15) is 22.6 Å². The van der Waals surface area contributed by atoms with Crippen molar-refractivity contribution in [2.24, 2.45) is 0 Å². The molecule has 8 heteroatoms. The molecule has 2 heterocycles. The Hall–Kier alpha value is -2.03. The van der Waals surface area contributed by atoms with Crippen molar-refractivity contribution in [1.82, 2.24) is 19.5 Å². The van der Waals surface area contributed by atoms with Gasteiger partial charge in [0.2, 0.25) is 15.2 Å². The number of aromatic nitrogens is 3. The van der Waals surface area contributed by atoms with E-state index in [1.54, 1.807) is 12.1 Å². The Morgan fingerprint density at radius 2 is 1.96 bits per heavy atom. The van der Waals surface area contributed by atoms with Crippen LogP contribution < -0.4 is 4.72 Å². The summed E-state index contributed by atoms with van der Waals surface area (Å²) in [6.45, 7) is 4.26. The molecular weight excluding hydrogens is 356 g/mol. The molecule has 0 saturated carbocycles. The van der Waals surface area contributed by atoms with Crippen LogP contribution in [0.5, 0.6) is 0 Å². The van der Waals surface area contributed by atoms with Crippen LogP contribution in [0.25, 0.3) is 5.13 Å². The van der Waals surface area contributed by atoms with Crippen molar-refractivity contribution in [3.63, 3.8) is 0 Å². The molecule has 0 radical (unpaired) electrons. The maximum atomic E-state index is 12.1. The molecule has 0 spiro atoms. The predicted octanol–water partition coefficient (Wildman–Crippen LogP) is 2.61. The Morgan fingerprint density at radius 1 is 1.20 bits per heavy atom. The molecule has 0 aliphatic rings. The molecule has 25 heavy (non-hydrogen) atoms. The Balaban J connectivity index is 1.57. The summed E-state index contributed by atoms with van der Waals surface area (Å²) in [4.78, 5) is 4.54. The monoisotopic (exact) mass is 376 g/mol. The number of hydrogen-bond acceptors (Lipinski definition) is 5. The normalized spacial score (nSPS) is 11.8. The van der Waals surface area contributed by atoms with Gasteiger partial charge < -0.3 is 0 Å². The number of sulfonamides is 1. The zero-order valence-electron chi connectivity index (χ0n) is 14.1. The van der Waals surface area contributed by atoms with Gasteiger partial charge in [-0.15, -0.1) is 11.3 Å². The van der Waals surface area contributed by atoms with Gasteiger partial charge in [0.15, 0.2) is 0 Å². The lowest BCUT2D eigenvalue weighted by Crippen LogP contribution is -2.27. The van der Waals surface area contributed by atoms with Crippen LogP contribution in [-0.2, 0) is 22.2 Å². The highest BCUT2D eigenvalue weighted by atomic mass is 32.2. The molecule has 1 aromatic carbocycles. The molecule has 0 bridgehead atoms. The smallest absolute Gasteiger partial charge is 0.215 e. The van der Waals surface area contributed by atoms with Gasteiger partial charge in [-0.05, 0) is 25.5 Å². The Bertz CT molecular complexity index is 946. The number of thiazole rings is 1. The topological polar surface area (TPSA) is 76.9 Å². The summed E-state index contributed by atoms with van der Waals surface area (Å²) < 4.78 is 28.7. The Labute approximate surface area is 151 Å². The van der Waals surface area contributed by atoms with Gasteiger partial charge in [-0.2, -0.15) is 5.10 Å². The SMILES string of the molecule is Cc1cc(C)n(-c2nc(CCNS(=O)(=O)Cc3ccccc3)cs2)n1.